The zero-order valence-electron chi connectivity index (χ0n) is 17.6. The van der Waals surface area contributed by atoms with Crippen LogP contribution in [0.3, 0.4) is 0 Å². The third-order valence-electron chi connectivity index (χ3n) is 4.96. The number of rotatable bonds is 7. The van der Waals surface area contributed by atoms with Gasteiger partial charge in [0.1, 0.15) is 11.6 Å². The maximum Gasteiger partial charge on any atom is 0.338 e. The van der Waals surface area contributed by atoms with Crippen LogP contribution in [0.2, 0.25) is 0 Å². The monoisotopic (exact) mass is 437 g/mol. The number of aryl methyl sites for hydroxylation is 1. The molecule has 0 spiro atoms. The van der Waals surface area contributed by atoms with E-state index in [1.165, 1.54) is 0 Å². The van der Waals surface area contributed by atoms with E-state index in [9.17, 15) is 9.59 Å². The number of ether oxygens (including phenoxy) is 2. The number of anilines is 1. The lowest BCUT2D eigenvalue weighted by Gasteiger charge is -2.35. The first-order valence-corrected chi connectivity index (χ1v) is 10.2. The number of nitrogens with zero attached hydrogens (tertiary/aromatic N) is 5. The molecule has 1 fully saturated rings. The van der Waals surface area contributed by atoms with Crippen molar-refractivity contribution in [2.45, 2.75) is 13.5 Å². The number of carbonyl (C=O) groups is 2. The predicted octanol–water partition coefficient (Wildman–Crippen LogP) is 1.86. The molecule has 0 N–H and O–H groups in total. The Balaban J connectivity index is 1.21. The van der Waals surface area contributed by atoms with E-state index < -0.39 is 5.97 Å². The Morgan fingerprint density at radius 2 is 1.84 bits per heavy atom. The van der Waals surface area contributed by atoms with Crippen molar-refractivity contribution in [2.75, 3.05) is 37.7 Å². The van der Waals surface area contributed by atoms with Crippen molar-refractivity contribution in [3.63, 3.8) is 0 Å². The van der Waals surface area contributed by atoms with E-state index in [1.807, 2.05) is 18.2 Å². The van der Waals surface area contributed by atoms with Gasteiger partial charge in [-0.2, -0.15) is 4.98 Å². The predicted molar refractivity (Wildman–Crippen MR) is 113 cm³/mol. The molecular weight excluding hydrogens is 414 g/mol. The van der Waals surface area contributed by atoms with E-state index >= 15 is 0 Å². The van der Waals surface area contributed by atoms with Crippen LogP contribution in [-0.2, 0) is 16.1 Å². The maximum absolute atomic E-state index is 12.4. The molecule has 1 aliphatic heterocycles. The number of piperazine rings is 1. The van der Waals surface area contributed by atoms with Crippen LogP contribution < -0.4 is 9.64 Å². The van der Waals surface area contributed by atoms with Crippen LogP contribution in [0.15, 0.2) is 53.2 Å². The molecule has 1 aromatic carbocycles. The second-order valence-electron chi connectivity index (χ2n) is 7.17. The largest absolute Gasteiger partial charge is 0.485 e. The highest BCUT2D eigenvalue weighted by Gasteiger charge is 2.23. The third kappa shape index (κ3) is 5.39. The first-order valence-electron chi connectivity index (χ1n) is 10.2. The lowest BCUT2D eigenvalue weighted by atomic mass is 10.2. The molecule has 10 nitrogen and oxygen atoms in total. The highest BCUT2D eigenvalue weighted by molar-refractivity contribution is 5.91. The quantitative estimate of drug-likeness (QED) is 0.511. The molecule has 4 rings (SSSR count). The maximum atomic E-state index is 12.4. The molecule has 32 heavy (non-hydrogen) atoms. The molecule has 10 heteroatoms. The van der Waals surface area contributed by atoms with Crippen molar-refractivity contribution in [3.05, 3.63) is 65.9 Å². The summed E-state index contributed by atoms with van der Waals surface area (Å²) in [6, 6.07) is 12.2. The van der Waals surface area contributed by atoms with E-state index in [-0.39, 0.29) is 19.1 Å². The fraction of sp³-hybridized carbons (Fsp3) is 0.318. The molecule has 0 saturated carbocycles. The SMILES string of the molecule is Cc1nc(COc2ccc(C(=O)OCC(=O)N3CCN(c4ccccn4)CC3)cc2)no1. The zero-order chi connectivity index (χ0) is 22.3. The van der Waals surface area contributed by atoms with Crippen LogP contribution in [0.1, 0.15) is 22.1 Å². The van der Waals surface area contributed by atoms with Crippen molar-refractivity contribution in [2.24, 2.45) is 0 Å². The van der Waals surface area contributed by atoms with Crippen molar-refractivity contribution in [1.82, 2.24) is 20.0 Å². The number of hydrogen-bond donors (Lipinski definition) is 0. The second kappa shape index (κ2) is 9.90. The number of carbonyl (C=O) groups excluding carboxylic acids is 2. The summed E-state index contributed by atoms with van der Waals surface area (Å²) in [7, 11) is 0. The summed E-state index contributed by atoms with van der Waals surface area (Å²) in [5.74, 6) is 1.56. The van der Waals surface area contributed by atoms with Crippen molar-refractivity contribution < 1.29 is 23.6 Å². The van der Waals surface area contributed by atoms with Crippen LogP contribution in [-0.4, -0.2) is 64.7 Å². The topological polar surface area (TPSA) is 111 Å². The molecule has 1 saturated heterocycles. The summed E-state index contributed by atoms with van der Waals surface area (Å²) < 4.78 is 15.6. The van der Waals surface area contributed by atoms with Gasteiger partial charge in [0, 0.05) is 39.3 Å². The number of aromatic nitrogens is 3. The molecule has 0 aliphatic carbocycles. The molecule has 2 aromatic heterocycles. The van der Waals surface area contributed by atoms with Crippen LogP contribution in [0, 0.1) is 6.92 Å². The van der Waals surface area contributed by atoms with Crippen molar-refractivity contribution in [1.29, 1.82) is 0 Å². The van der Waals surface area contributed by atoms with Crippen LogP contribution >= 0.6 is 0 Å². The minimum absolute atomic E-state index is 0.156. The van der Waals surface area contributed by atoms with E-state index in [4.69, 9.17) is 14.0 Å². The van der Waals surface area contributed by atoms with Gasteiger partial charge in [-0.05, 0) is 36.4 Å². The molecule has 0 unspecified atom stereocenters. The number of esters is 1. The molecule has 3 heterocycles. The summed E-state index contributed by atoms with van der Waals surface area (Å²) in [6.07, 6.45) is 1.75. The normalized spacial score (nSPS) is 13.7. The highest BCUT2D eigenvalue weighted by Crippen LogP contribution is 2.15. The standard InChI is InChI=1S/C22H23N5O5/c1-16-24-19(25-32-16)14-30-18-7-5-17(6-8-18)22(29)31-15-21(28)27-12-10-26(11-13-27)20-4-2-3-9-23-20/h2-9H,10-15H2,1H3. The molecule has 0 radical (unpaired) electrons. The molecule has 1 amide bonds. The van der Waals surface area contributed by atoms with E-state index in [0.717, 1.165) is 5.82 Å². The first-order chi connectivity index (χ1) is 15.6. The van der Waals surface area contributed by atoms with Crippen molar-refractivity contribution >= 4 is 17.7 Å². The van der Waals surface area contributed by atoms with Gasteiger partial charge in [0.2, 0.25) is 11.7 Å². The van der Waals surface area contributed by atoms with Crippen LogP contribution in [0.25, 0.3) is 0 Å². The average molecular weight is 437 g/mol. The molecular formula is C22H23N5O5. The number of hydrogen-bond acceptors (Lipinski definition) is 9. The van der Waals surface area contributed by atoms with Gasteiger partial charge in [-0.1, -0.05) is 11.2 Å². The molecule has 166 valence electrons. The van der Waals surface area contributed by atoms with Gasteiger partial charge in [-0.25, -0.2) is 9.78 Å². The third-order valence-corrected chi connectivity index (χ3v) is 4.96. The van der Waals surface area contributed by atoms with Crippen molar-refractivity contribution in [3.8, 4) is 5.75 Å². The Kier molecular flexibility index (Phi) is 6.59. The van der Waals surface area contributed by atoms with Gasteiger partial charge in [-0.15, -0.1) is 0 Å². The summed E-state index contributed by atoms with van der Waals surface area (Å²) in [5.41, 5.74) is 0.334. The number of amides is 1. The van der Waals surface area contributed by atoms with Crippen LogP contribution in [0.4, 0.5) is 5.82 Å². The lowest BCUT2D eigenvalue weighted by molar-refractivity contribution is -0.134. The van der Waals surface area contributed by atoms with E-state index in [0.29, 0.717) is 49.2 Å². The first kappa shape index (κ1) is 21.3. The van der Waals surface area contributed by atoms with Gasteiger partial charge in [0.15, 0.2) is 13.2 Å². The van der Waals surface area contributed by atoms with E-state index in [1.54, 1.807) is 42.3 Å². The molecule has 0 atom stereocenters. The highest BCUT2D eigenvalue weighted by atomic mass is 16.5. The average Bonchev–Trinajstić information content (AvgIpc) is 3.27. The van der Waals surface area contributed by atoms with Gasteiger partial charge >= 0.3 is 5.97 Å². The Bertz CT molecular complexity index is 1050. The smallest absolute Gasteiger partial charge is 0.338 e. The Morgan fingerprint density at radius 3 is 2.50 bits per heavy atom. The summed E-state index contributed by atoms with van der Waals surface area (Å²) in [6.45, 7) is 4.03. The summed E-state index contributed by atoms with van der Waals surface area (Å²) in [5, 5.41) is 3.75. The fourth-order valence-electron chi connectivity index (χ4n) is 3.26. The Hall–Kier alpha value is -3.95. The molecule has 0 bridgehead atoms. The molecule has 1 aliphatic rings. The van der Waals surface area contributed by atoms with Gasteiger partial charge in [0.25, 0.3) is 5.91 Å². The summed E-state index contributed by atoms with van der Waals surface area (Å²) in [4.78, 5) is 36.9. The summed E-state index contributed by atoms with van der Waals surface area (Å²) >= 11 is 0. The second-order valence-corrected chi connectivity index (χ2v) is 7.17. The minimum atomic E-state index is -0.564. The number of pyridine rings is 1. The molecule has 3 aromatic rings. The Morgan fingerprint density at radius 1 is 1.06 bits per heavy atom. The van der Waals surface area contributed by atoms with E-state index in [2.05, 4.69) is 20.0 Å². The Labute approximate surface area is 184 Å². The van der Waals surface area contributed by atoms with Gasteiger partial charge in [-0.3, -0.25) is 4.79 Å². The lowest BCUT2D eigenvalue weighted by Crippen LogP contribution is -2.50. The zero-order valence-corrected chi connectivity index (χ0v) is 17.6. The van der Waals surface area contributed by atoms with Crippen LogP contribution in [0.5, 0.6) is 5.75 Å². The van der Waals surface area contributed by atoms with Gasteiger partial charge in [0.05, 0.1) is 5.56 Å². The van der Waals surface area contributed by atoms with Gasteiger partial charge < -0.3 is 23.8 Å². The minimum Gasteiger partial charge on any atom is -0.485 e. The number of benzene rings is 1. The fourth-order valence-corrected chi connectivity index (χ4v) is 3.26.